The summed E-state index contributed by atoms with van der Waals surface area (Å²) in [5.41, 5.74) is 1.13. The third-order valence-electron chi connectivity index (χ3n) is 2.86. The first kappa shape index (κ1) is 13.0. The Hall–Kier alpha value is -0.460. The van der Waals surface area contributed by atoms with E-state index in [4.69, 9.17) is 0 Å². The van der Waals surface area contributed by atoms with Crippen LogP contribution in [0.4, 0.5) is 0 Å². The fraction of sp³-hybridized carbons (Fsp3) is 0.727. The lowest BCUT2D eigenvalue weighted by Crippen LogP contribution is -2.06. The molecule has 0 bridgehead atoms. The Bertz CT molecular complexity index is 490. The maximum absolute atomic E-state index is 11.6. The van der Waals surface area contributed by atoms with Crippen molar-refractivity contribution in [1.82, 2.24) is 10.3 Å². The summed E-state index contributed by atoms with van der Waals surface area (Å²) in [7, 11) is -1.07. The van der Waals surface area contributed by atoms with Gasteiger partial charge in [-0.2, -0.15) is 0 Å². The van der Waals surface area contributed by atoms with Gasteiger partial charge in [-0.25, -0.2) is 13.4 Å². The number of sulfone groups is 1. The third kappa shape index (κ3) is 3.26. The molecule has 1 N–H and O–H groups in total. The molecule has 0 radical (unpaired) electrons. The summed E-state index contributed by atoms with van der Waals surface area (Å²) in [6.45, 7) is 2.47. The van der Waals surface area contributed by atoms with Gasteiger partial charge in [0.25, 0.3) is 0 Å². The lowest BCUT2D eigenvalue weighted by atomic mass is 10.2. The minimum absolute atomic E-state index is 0.0948. The van der Waals surface area contributed by atoms with Gasteiger partial charge >= 0.3 is 0 Å². The lowest BCUT2D eigenvalue weighted by molar-refractivity contribution is 0.596. The predicted molar refractivity (Wildman–Crippen MR) is 70.0 cm³/mol. The summed E-state index contributed by atoms with van der Waals surface area (Å²) in [4.78, 5) is 5.73. The molecular formula is C11H18N2O2S2. The van der Waals surface area contributed by atoms with Gasteiger partial charge in [-0.15, -0.1) is 11.3 Å². The quantitative estimate of drug-likeness (QED) is 0.857. The second-order valence-corrected chi connectivity index (χ2v) is 7.92. The molecule has 2 rings (SSSR count). The van der Waals surface area contributed by atoms with Crippen molar-refractivity contribution in [2.75, 3.05) is 12.8 Å². The second-order valence-electron chi connectivity index (χ2n) is 4.40. The van der Waals surface area contributed by atoms with E-state index in [1.165, 1.54) is 17.7 Å². The standard InChI is InChI=1S/C11H18N2O2S2/c1-3-17(14,15)7-10-13-11(8-4-5-8)9(16-10)6-12-2/h8,12H,3-7H2,1-2H3. The first-order chi connectivity index (χ1) is 8.05. The van der Waals surface area contributed by atoms with Crippen LogP contribution in [-0.4, -0.2) is 26.2 Å². The second kappa shape index (κ2) is 5.04. The largest absolute Gasteiger partial charge is 0.315 e. The summed E-state index contributed by atoms with van der Waals surface area (Å²) >= 11 is 1.54. The van der Waals surface area contributed by atoms with Crippen molar-refractivity contribution in [1.29, 1.82) is 0 Å². The summed E-state index contributed by atoms with van der Waals surface area (Å²) in [5.74, 6) is 0.859. The molecule has 0 amide bonds. The number of hydrogen-bond acceptors (Lipinski definition) is 5. The molecule has 1 aliphatic carbocycles. The Kier molecular flexibility index (Phi) is 3.85. The number of nitrogens with one attached hydrogen (secondary N) is 1. The van der Waals surface area contributed by atoms with Gasteiger partial charge in [0.05, 0.1) is 5.69 Å². The van der Waals surface area contributed by atoms with E-state index in [1.807, 2.05) is 7.05 Å². The van der Waals surface area contributed by atoms with Gasteiger partial charge in [0, 0.05) is 23.1 Å². The molecule has 1 aromatic heterocycles. The highest BCUT2D eigenvalue weighted by Crippen LogP contribution is 2.42. The Morgan fingerprint density at radius 1 is 1.47 bits per heavy atom. The van der Waals surface area contributed by atoms with Crippen molar-refractivity contribution >= 4 is 21.2 Å². The minimum Gasteiger partial charge on any atom is -0.315 e. The number of aromatic nitrogens is 1. The van der Waals surface area contributed by atoms with E-state index in [9.17, 15) is 8.42 Å². The zero-order valence-electron chi connectivity index (χ0n) is 10.2. The van der Waals surface area contributed by atoms with E-state index in [-0.39, 0.29) is 11.5 Å². The van der Waals surface area contributed by atoms with Crippen LogP contribution in [0.3, 0.4) is 0 Å². The van der Waals surface area contributed by atoms with Crippen LogP contribution in [0.2, 0.25) is 0 Å². The zero-order chi connectivity index (χ0) is 12.5. The minimum atomic E-state index is -2.97. The Morgan fingerprint density at radius 3 is 2.71 bits per heavy atom. The molecule has 17 heavy (non-hydrogen) atoms. The van der Waals surface area contributed by atoms with Gasteiger partial charge in [0.15, 0.2) is 9.84 Å². The lowest BCUT2D eigenvalue weighted by Gasteiger charge is -1.97. The first-order valence-electron chi connectivity index (χ1n) is 5.89. The number of thiazole rings is 1. The van der Waals surface area contributed by atoms with Gasteiger partial charge in [-0.3, -0.25) is 0 Å². The highest BCUT2D eigenvalue weighted by molar-refractivity contribution is 7.90. The molecule has 1 aromatic rings. The summed E-state index contributed by atoms with van der Waals surface area (Å²) in [6, 6.07) is 0. The fourth-order valence-corrected chi connectivity index (χ4v) is 4.11. The highest BCUT2D eigenvalue weighted by Gasteiger charge is 2.29. The van der Waals surface area contributed by atoms with Crippen molar-refractivity contribution in [3.05, 3.63) is 15.6 Å². The van der Waals surface area contributed by atoms with Gasteiger partial charge in [0.2, 0.25) is 0 Å². The van der Waals surface area contributed by atoms with Gasteiger partial charge in [-0.05, 0) is 19.9 Å². The van der Waals surface area contributed by atoms with Crippen molar-refractivity contribution < 1.29 is 8.42 Å². The van der Waals surface area contributed by atoms with E-state index in [1.54, 1.807) is 18.3 Å². The Balaban J connectivity index is 2.21. The molecule has 0 aromatic carbocycles. The molecule has 1 heterocycles. The van der Waals surface area contributed by atoms with Crippen molar-refractivity contribution in [3.8, 4) is 0 Å². The fourth-order valence-electron chi connectivity index (χ4n) is 1.73. The molecule has 1 fully saturated rings. The smallest absolute Gasteiger partial charge is 0.156 e. The summed E-state index contributed by atoms with van der Waals surface area (Å²) in [5, 5.41) is 3.87. The molecule has 0 spiro atoms. The van der Waals surface area contributed by atoms with Crippen molar-refractivity contribution in [2.24, 2.45) is 0 Å². The monoisotopic (exact) mass is 274 g/mol. The predicted octanol–water partition coefficient (Wildman–Crippen LogP) is 1.67. The number of hydrogen-bond donors (Lipinski definition) is 1. The molecule has 0 aliphatic heterocycles. The molecular weight excluding hydrogens is 256 g/mol. The Labute approximate surface area is 106 Å². The van der Waals surface area contributed by atoms with Crippen molar-refractivity contribution in [2.45, 2.75) is 38.0 Å². The molecule has 0 atom stereocenters. The molecule has 1 saturated carbocycles. The van der Waals surface area contributed by atoms with E-state index in [0.717, 1.165) is 17.2 Å². The topological polar surface area (TPSA) is 59.1 Å². The summed E-state index contributed by atoms with van der Waals surface area (Å²) in [6.07, 6.45) is 2.39. The van der Waals surface area contributed by atoms with Crippen LogP contribution in [0.1, 0.15) is 41.3 Å². The van der Waals surface area contributed by atoms with Crippen LogP contribution < -0.4 is 5.32 Å². The molecule has 4 nitrogen and oxygen atoms in total. The average Bonchev–Trinajstić information content (AvgIpc) is 3.04. The maximum Gasteiger partial charge on any atom is 0.156 e. The van der Waals surface area contributed by atoms with Crippen LogP contribution in [0.25, 0.3) is 0 Å². The number of rotatable bonds is 6. The van der Waals surface area contributed by atoms with Gasteiger partial charge in [0.1, 0.15) is 10.8 Å². The SMILES string of the molecule is CCS(=O)(=O)Cc1nc(C2CC2)c(CNC)s1. The maximum atomic E-state index is 11.6. The van der Waals surface area contributed by atoms with E-state index >= 15 is 0 Å². The number of nitrogens with zero attached hydrogens (tertiary/aromatic N) is 1. The van der Waals surface area contributed by atoms with Crippen LogP contribution >= 0.6 is 11.3 Å². The third-order valence-corrected chi connectivity index (χ3v) is 5.70. The molecule has 1 aliphatic rings. The first-order valence-corrected chi connectivity index (χ1v) is 8.53. The normalized spacial score (nSPS) is 16.4. The highest BCUT2D eigenvalue weighted by atomic mass is 32.2. The van der Waals surface area contributed by atoms with E-state index < -0.39 is 9.84 Å². The Morgan fingerprint density at radius 2 is 2.18 bits per heavy atom. The van der Waals surface area contributed by atoms with Gasteiger partial charge < -0.3 is 5.32 Å². The van der Waals surface area contributed by atoms with E-state index in [0.29, 0.717) is 5.92 Å². The van der Waals surface area contributed by atoms with Crippen LogP contribution in [0.5, 0.6) is 0 Å². The summed E-state index contributed by atoms with van der Waals surface area (Å²) < 4.78 is 23.2. The molecule has 0 saturated heterocycles. The van der Waals surface area contributed by atoms with Gasteiger partial charge in [-0.1, -0.05) is 6.92 Å². The molecule has 0 unspecified atom stereocenters. The van der Waals surface area contributed by atoms with Crippen molar-refractivity contribution in [3.63, 3.8) is 0 Å². The van der Waals surface area contributed by atoms with Crippen LogP contribution in [0, 0.1) is 0 Å². The molecule has 96 valence electrons. The molecule has 6 heteroatoms. The van der Waals surface area contributed by atoms with Crippen LogP contribution in [0.15, 0.2) is 0 Å². The van der Waals surface area contributed by atoms with E-state index in [2.05, 4.69) is 10.3 Å². The zero-order valence-corrected chi connectivity index (χ0v) is 11.8. The van der Waals surface area contributed by atoms with Crippen LogP contribution in [-0.2, 0) is 22.1 Å². The average molecular weight is 274 g/mol.